The van der Waals surface area contributed by atoms with Crippen LogP contribution >= 0.6 is 0 Å². The van der Waals surface area contributed by atoms with E-state index < -0.39 is 6.10 Å². The van der Waals surface area contributed by atoms with Gasteiger partial charge in [0.15, 0.2) is 0 Å². The minimum atomic E-state index is -0.679. The second-order valence-electron chi connectivity index (χ2n) is 6.50. The Morgan fingerprint density at radius 1 is 1.26 bits per heavy atom. The molecule has 1 aromatic carbocycles. The molecule has 2 saturated heterocycles. The van der Waals surface area contributed by atoms with E-state index >= 15 is 0 Å². The summed E-state index contributed by atoms with van der Waals surface area (Å²) in [6.45, 7) is 3.82. The molecule has 2 aliphatic rings. The van der Waals surface area contributed by atoms with Crippen molar-refractivity contribution in [3.63, 3.8) is 0 Å². The second-order valence-corrected chi connectivity index (χ2v) is 6.50. The highest BCUT2D eigenvalue weighted by Gasteiger charge is 2.33. The summed E-state index contributed by atoms with van der Waals surface area (Å²) in [4.78, 5) is 18.0. The van der Waals surface area contributed by atoms with Gasteiger partial charge in [-0.2, -0.15) is 0 Å². The molecule has 0 aromatic heterocycles. The van der Waals surface area contributed by atoms with E-state index in [-0.39, 0.29) is 11.8 Å². The molecule has 2 aliphatic heterocycles. The zero-order valence-corrected chi connectivity index (χ0v) is 13.5. The van der Waals surface area contributed by atoms with E-state index in [2.05, 4.69) is 4.90 Å². The number of aliphatic hydroxyl groups is 1. The molecule has 0 unspecified atom stereocenters. The summed E-state index contributed by atoms with van der Waals surface area (Å²) in [5.74, 6) is -0.322. The molecule has 0 radical (unpaired) electrons. The number of aliphatic hydroxyl groups excluding tert-OH is 1. The number of hydrogen-bond acceptors (Lipinski definition) is 3. The van der Waals surface area contributed by atoms with Crippen molar-refractivity contribution in [1.82, 2.24) is 14.7 Å². The molecule has 5 nitrogen and oxygen atoms in total. The van der Waals surface area contributed by atoms with Gasteiger partial charge in [0.1, 0.15) is 5.82 Å². The Balaban J connectivity index is 1.50. The lowest BCUT2D eigenvalue weighted by molar-refractivity contribution is 0.0786. The van der Waals surface area contributed by atoms with E-state index in [1.54, 1.807) is 17.0 Å². The van der Waals surface area contributed by atoms with Crippen molar-refractivity contribution >= 4 is 6.03 Å². The molecule has 3 rings (SSSR count). The van der Waals surface area contributed by atoms with E-state index in [9.17, 15) is 14.3 Å². The minimum Gasteiger partial charge on any atom is -0.387 e. The fourth-order valence-electron chi connectivity index (χ4n) is 3.48. The first kappa shape index (κ1) is 16.2. The number of nitrogens with zero attached hydrogens (tertiary/aromatic N) is 3. The van der Waals surface area contributed by atoms with Crippen molar-refractivity contribution in [3.8, 4) is 0 Å². The molecule has 1 N–H and O–H groups in total. The average Bonchev–Trinajstić information content (AvgIpc) is 2.88. The fourth-order valence-corrected chi connectivity index (χ4v) is 3.48. The Bertz CT molecular complexity index is 561. The number of rotatable bonds is 4. The number of piperidine rings is 1. The second kappa shape index (κ2) is 6.84. The number of β-amino-alcohol motifs (C(OH)–C–C–N with tert-alkyl or cyclic N) is 1. The predicted octanol–water partition coefficient (Wildman–Crippen LogP) is 1.69. The Morgan fingerprint density at radius 2 is 2.00 bits per heavy atom. The van der Waals surface area contributed by atoms with Crippen LogP contribution in [-0.4, -0.2) is 71.7 Å². The summed E-state index contributed by atoms with van der Waals surface area (Å²) in [5.41, 5.74) is 0.614. The molecule has 0 spiro atoms. The Hall–Kier alpha value is -1.66. The molecule has 6 heteroatoms. The van der Waals surface area contributed by atoms with E-state index in [1.807, 2.05) is 11.9 Å². The maximum Gasteiger partial charge on any atom is 0.320 e. The van der Waals surface area contributed by atoms with Crippen LogP contribution < -0.4 is 0 Å². The van der Waals surface area contributed by atoms with Crippen LogP contribution in [0.3, 0.4) is 0 Å². The van der Waals surface area contributed by atoms with Gasteiger partial charge in [-0.1, -0.05) is 12.1 Å². The highest BCUT2D eigenvalue weighted by molar-refractivity contribution is 5.76. The number of halogens is 1. The van der Waals surface area contributed by atoms with E-state index in [0.29, 0.717) is 18.2 Å². The lowest BCUT2D eigenvalue weighted by Gasteiger charge is -2.37. The van der Waals surface area contributed by atoms with Crippen molar-refractivity contribution in [2.75, 3.05) is 39.8 Å². The summed E-state index contributed by atoms with van der Waals surface area (Å²) in [6.07, 6.45) is 1.17. The van der Waals surface area contributed by atoms with Crippen LogP contribution in [0, 0.1) is 5.82 Å². The molecular formula is C17H24FN3O2. The first-order valence-electron chi connectivity index (χ1n) is 8.22. The monoisotopic (exact) mass is 321 g/mol. The van der Waals surface area contributed by atoms with Crippen LogP contribution in [0.4, 0.5) is 9.18 Å². The molecular weight excluding hydrogens is 297 g/mol. The number of carbonyl (C=O) groups excluding carboxylic acids is 1. The van der Waals surface area contributed by atoms with Crippen LogP contribution in [0.15, 0.2) is 24.3 Å². The van der Waals surface area contributed by atoms with Gasteiger partial charge in [-0.25, -0.2) is 9.18 Å². The molecule has 2 amide bonds. The van der Waals surface area contributed by atoms with Crippen molar-refractivity contribution < 1.29 is 14.3 Å². The number of likely N-dealkylation sites (tertiary alicyclic amines) is 1. The quantitative estimate of drug-likeness (QED) is 0.918. The summed E-state index contributed by atoms with van der Waals surface area (Å²) < 4.78 is 13.2. The first-order chi connectivity index (χ1) is 11.0. The van der Waals surface area contributed by atoms with Crippen molar-refractivity contribution in [2.45, 2.75) is 25.0 Å². The smallest absolute Gasteiger partial charge is 0.320 e. The largest absolute Gasteiger partial charge is 0.387 e. The van der Waals surface area contributed by atoms with Crippen LogP contribution in [0.5, 0.6) is 0 Å². The number of benzene rings is 1. The van der Waals surface area contributed by atoms with Crippen LogP contribution in [0.25, 0.3) is 0 Å². The molecule has 2 heterocycles. The molecule has 1 atom stereocenters. The number of urea groups is 1. The Labute approximate surface area is 136 Å². The summed E-state index contributed by atoms with van der Waals surface area (Å²) in [7, 11) is 1.84. The molecule has 0 aliphatic carbocycles. The minimum absolute atomic E-state index is 0.128. The van der Waals surface area contributed by atoms with Crippen molar-refractivity contribution in [3.05, 3.63) is 35.6 Å². The Morgan fingerprint density at radius 3 is 2.61 bits per heavy atom. The summed E-state index contributed by atoms with van der Waals surface area (Å²) in [5, 5.41) is 10.3. The van der Waals surface area contributed by atoms with Gasteiger partial charge in [-0.05, 0) is 30.5 Å². The van der Waals surface area contributed by atoms with E-state index in [0.717, 1.165) is 39.0 Å². The molecule has 23 heavy (non-hydrogen) atoms. The highest BCUT2D eigenvalue weighted by Crippen LogP contribution is 2.23. The molecule has 126 valence electrons. The maximum atomic E-state index is 13.2. The van der Waals surface area contributed by atoms with Gasteiger partial charge in [0.05, 0.1) is 6.10 Å². The molecule has 0 bridgehead atoms. The predicted molar refractivity (Wildman–Crippen MR) is 85.6 cm³/mol. The molecule has 2 fully saturated rings. The van der Waals surface area contributed by atoms with Gasteiger partial charge < -0.3 is 19.8 Å². The van der Waals surface area contributed by atoms with Gasteiger partial charge in [0.25, 0.3) is 0 Å². The molecule has 0 saturated carbocycles. The Kier molecular flexibility index (Phi) is 4.82. The van der Waals surface area contributed by atoms with Gasteiger partial charge in [0.2, 0.25) is 0 Å². The maximum absolute atomic E-state index is 13.2. The van der Waals surface area contributed by atoms with Gasteiger partial charge in [-0.15, -0.1) is 0 Å². The number of likely N-dealkylation sites (N-methyl/N-ethyl adjacent to an activating group) is 1. The van der Waals surface area contributed by atoms with Gasteiger partial charge in [-0.3, -0.25) is 0 Å². The van der Waals surface area contributed by atoms with E-state index in [4.69, 9.17) is 0 Å². The third kappa shape index (κ3) is 3.64. The number of hydrogen-bond donors (Lipinski definition) is 1. The SMILES string of the molecule is CN1CCN(C2CCN(C[C@@H](O)c3cccc(F)c3)CC2)C1=O. The first-order valence-corrected chi connectivity index (χ1v) is 8.22. The number of carbonyl (C=O) groups is 1. The third-order valence-corrected chi connectivity index (χ3v) is 4.91. The van der Waals surface area contributed by atoms with E-state index in [1.165, 1.54) is 12.1 Å². The zero-order valence-electron chi connectivity index (χ0n) is 13.5. The van der Waals surface area contributed by atoms with Crippen molar-refractivity contribution in [1.29, 1.82) is 0 Å². The fraction of sp³-hybridized carbons (Fsp3) is 0.588. The summed E-state index contributed by atoms with van der Waals surface area (Å²) in [6, 6.07) is 6.56. The average molecular weight is 321 g/mol. The highest BCUT2D eigenvalue weighted by atomic mass is 19.1. The lowest BCUT2D eigenvalue weighted by atomic mass is 10.0. The zero-order chi connectivity index (χ0) is 16.4. The van der Waals surface area contributed by atoms with Crippen molar-refractivity contribution in [2.24, 2.45) is 0 Å². The number of amides is 2. The normalized spacial score (nSPS) is 22.0. The lowest BCUT2D eigenvalue weighted by Crippen LogP contribution is -2.47. The third-order valence-electron chi connectivity index (χ3n) is 4.91. The standard InChI is InChI=1S/C17H24FN3O2/c1-19-9-10-21(17(19)23)15-5-7-20(8-6-15)12-16(22)13-3-2-4-14(18)11-13/h2-4,11,15-16,22H,5-10,12H2,1H3/t16-/m1/s1. The van der Waals surface area contributed by atoms with Crippen LogP contribution in [0.1, 0.15) is 24.5 Å². The van der Waals surface area contributed by atoms with Gasteiger partial charge >= 0.3 is 6.03 Å². The summed E-state index contributed by atoms with van der Waals surface area (Å²) >= 11 is 0. The van der Waals surface area contributed by atoms with Gasteiger partial charge in [0, 0.05) is 45.8 Å². The van der Waals surface area contributed by atoms with Crippen LogP contribution in [-0.2, 0) is 0 Å². The topological polar surface area (TPSA) is 47.0 Å². The molecule has 1 aromatic rings. The van der Waals surface area contributed by atoms with Crippen LogP contribution in [0.2, 0.25) is 0 Å².